The largest absolute Gasteiger partial charge is 0.476 e. The van der Waals surface area contributed by atoms with E-state index in [0.29, 0.717) is 24.7 Å². The number of benzene rings is 2. The van der Waals surface area contributed by atoms with Gasteiger partial charge in [0.1, 0.15) is 13.4 Å². The van der Waals surface area contributed by atoms with Gasteiger partial charge in [0.25, 0.3) is 0 Å². The molecule has 9 heteroatoms. The van der Waals surface area contributed by atoms with Crippen LogP contribution in [0, 0.1) is 33.6 Å². The van der Waals surface area contributed by atoms with Gasteiger partial charge < -0.3 is 31.2 Å². The number of ether oxygens (including phenoxy) is 1. The van der Waals surface area contributed by atoms with Crippen molar-refractivity contribution in [2.75, 3.05) is 43.2 Å². The standard InChI is InChI=1S/C33H39N5O2.C3H8.C2H6.CH5N.CH2O/c1-21-11-13-26(19-29(21)38(6)17-18-40-33-23(3)9-7-16-36-33)30(28-14-12-22(2)31(34)24(28)4)25(5)32(39)37-27-10-8-15-35-20-27;1-3-2;3*1-2/h7-16,19-20,25,30H,17-18,34H2,1-6H3,(H,37,39);3H2,1-2H3;1-2H3;2H2,1H3;1H2. The second-order valence-corrected chi connectivity index (χ2v) is 11.2. The molecule has 0 aliphatic heterocycles. The Balaban J connectivity index is 0.00000234. The maximum atomic E-state index is 13.5. The van der Waals surface area contributed by atoms with Crippen LogP contribution in [0.5, 0.6) is 5.88 Å². The summed E-state index contributed by atoms with van der Waals surface area (Å²) in [5, 5.41) is 3.04. The molecule has 0 fully saturated rings. The van der Waals surface area contributed by atoms with Crippen molar-refractivity contribution in [1.29, 1.82) is 0 Å². The third-order valence-corrected chi connectivity index (χ3v) is 7.58. The Bertz CT molecular complexity index is 1510. The molecule has 2 unspecified atom stereocenters. The van der Waals surface area contributed by atoms with Crippen LogP contribution in [0.3, 0.4) is 0 Å². The lowest BCUT2D eigenvalue weighted by atomic mass is 9.78. The minimum Gasteiger partial charge on any atom is -0.476 e. The maximum Gasteiger partial charge on any atom is 0.228 e. The van der Waals surface area contributed by atoms with Crippen LogP contribution in [-0.2, 0) is 9.59 Å². The number of hydrogen-bond donors (Lipinski definition) is 3. The number of likely N-dealkylation sites (N-methyl/N-ethyl adjacent to an activating group) is 1. The molecule has 2 atom stereocenters. The predicted molar refractivity (Wildman–Crippen MR) is 208 cm³/mol. The molecular formula is C40H60N6O3. The van der Waals surface area contributed by atoms with Crippen molar-refractivity contribution in [3.05, 3.63) is 107 Å². The Morgan fingerprint density at radius 1 is 0.939 bits per heavy atom. The predicted octanol–water partition coefficient (Wildman–Crippen LogP) is 8.05. The molecule has 9 nitrogen and oxygen atoms in total. The minimum atomic E-state index is -0.377. The molecule has 0 saturated carbocycles. The summed E-state index contributed by atoms with van der Waals surface area (Å²) in [6, 6.07) is 18.1. The van der Waals surface area contributed by atoms with Crippen molar-refractivity contribution in [3.63, 3.8) is 0 Å². The highest BCUT2D eigenvalue weighted by Gasteiger charge is 2.30. The van der Waals surface area contributed by atoms with Gasteiger partial charge in [-0.3, -0.25) is 9.78 Å². The van der Waals surface area contributed by atoms with E-state index in [-0.39, 0.29) is 17.7 Å². The minimum absolute atomic E-state index is 0.0776. The number of aryl methyl sites for hydroxylation is 3. The highest BCUT2D eigenvalue weighted by atomic mass is 16.5. The van der Waals surface area contributed by atoms with Crippen LogP contribution in [0.2, 0.25) is 0 Å². The topological polar surface area (TPSA) is 136 Å². The van der Waals surface area contributed by atoms with Gasteiger partial charge in [-0.05, 0) is 86.8 Å². The summed E-state index contributed by atoms with van der Waals surface area (Å²) in [5.74, 6) is -0.00874. The Hall–Kier alpha value is -4.76. The van der Waals surface area contributed by atoms with Crippen LogP contribution in [0.4, 0.5) is 17.1 Å². The van der Waals surface area contributed by atoms with Crippen LogP contribution in [0.1, 0.15) is 80.3 Å². The molecule has 2 aromatic heterocycles. The van der Waals surface area contributed by atoms with Gasteiger partial charge in [-0.2, -0.15) is 0 Å². The van der Waals surface area contributed by atoms with Gasteiger partial charge in [-0.15, -0.1) is 0 Å². The molecule has 5 N–H and O–H groups in total. The normalized spacial score (nSPS) is 10.9. The van der Waals surface area contributed by atoms with Crippen LogP contribution in [0.15, 0.2) is 73.2 Å². The molecule has 4 aromatic rings. The number of aromatic nitrogens is 2. The molecule has 1 amide bonds. The van der Waals surface area contributed by atoms with E-state index in [4.69, 9.17) is 15.3 Å². The zero-order chi connectivity index (χ0) is 37.5. The zero-order valence-electron chi connectivity index (χ0n) is 31.6. The molecule has 0 aliphatic rings. The SMILES string of the molecule is C=O.CC.CCC.CN.Cc1ccc(C(c2ccc(C)c(N)c2C)C(C)C(=O)Nc2cccnc2)cc1N(C)CCOc1ncccc1C. The van der Waals surface area contributed by atoms with Gasteiger partial charge >= 0.3 is 0 Å². The van der Waals surface area contributed by atoms with Crippen molar-refractivity contribution in [2.24, 2.45) is 11.7 Å². The van der Waals surface area contributed by atoms with E-state index >= 15 is 0 Å². The fraction of sp³-hybridized carbons (Fsp3) is 0.400. The first-order valence-electron chi connectivity index (χ1n) is 16.9. The number of carbonyl (C=O) groups excluding carboxylic acids is 2. The van der Waals surface area contributed by atoms with E-state index in [0.717, 1.165) is 44.8 Å². The number of hydrogen-bond acceptors (Lipinski definition) is 8. The van der Waals surface area contributed by atoms with Crippen LogP contribution in [0.25, 0.3) is 0 Å². The van der Waals surface area contributed by atoms with Gasteiger partial charge in [-0.25, -0.2) is 4.98 Å². The number of nitrogens with two attached hydrogens (primary N) is 2. The third-order valence-electron chi connectivity index (χ3n) is 7.58. The van der Waals surface area contributed by atoms with Crippen LogP contribution < -0.4 is 26.4 Å². The number of pyridine rings is 2. The van der Waals surface area contributed by atoms with Crippen molar-refractivity contribution in [3.8, 4) is 5.88 Å². The molecular weight excluding hydrogens is 612 g/mol. The summed E-state index contributed by atoms with van der Waals surface area (Å²) in [7, 11) is 3.56. The smallest absolute Gasteiger partial charge is 0.228 e. The summed E-state index contributed by atoms with van der Waals surface area (Å²) in [6.45, 7) is 21.5. The zero-order valence-corrected chi connectivity index (χ0v) is 31.6. The molecule has 0 aliphatic carbocycles. The number of rotatable bonds is 10. The molecule has 2 heterocycles. The first kappa shape index (κ1) is 44.2. The monoisotopic (exact) mass is 672 g/mol. The molecule has 0 spiro atoms. The van der Waals surface area contributed by atoms with Crippen LogP contribution in [-0.4, -0.2) is 49.9 Å². The number of amides is 1. The summed E-state index contributed by atoms with van der Waals surface area (Å²) < 4.78 is 5.96. The van der Waals surface area contributed by atoms with E-state index < -0.39 is 0 Å². The molecule has 4 rings (SSSR count). The summed E-state index contributed by atoms with van der Waals surface area (Å²) in [5.41, 5.74) is 19.8. The first-order valence-corrected chi connectivity index (χ1v) is 16.9. The molecule has 0 saturated heterocycles. The molecule has 49 heavy (non-hydrogen) atoms. The maximum absolute atomic E-state index is 13.5. The van der Waals surface area contributed by atoms with Gasteiger partial charge in [0.05, 0.1) is 18.4 Å². The Kier molecular flexibility index (Phi) is 22.0. The van der Waals surface area contributed by atoms with E-state index in [9.17, 15) is 4.79 Å². The van der Waals surface area contributed by atoms with Gasteiger partial charge in [0.2, 0.25) is 11.8 Å². The van der Waals surface area contributed by atoms with E-state index in [2.05, 4.69) is 78.0 Å². The lowest BCUT2D eigenvalue weighted by Crippen LogP contribution is -2.28. The Morgan fingerprint density at radius 2 is 1.55 bits per heavy atom. The van der Waals surface area contributed by atoms with Gasteiger partial charge in [-0.1, -0.05) is 71.4 Å². The van der Waals surface area contributed by atoms with Crippen molar-refractivity contribution >= 4 is 29.8 Å². The summed E-state index contributed by atoms with van der Waals surface area (Å²) in [6.07, 6.45) is 6.33. The highest BCUT2D eigenvalue weighted by molar-refractivity contribution is 5.93. The van der Waals surface area contributed by atoms with Crippen molar-refractivity contribution < 1.29 is 14.3 Å². The summed E-state index contributed by atoms with van der Waals surface area (Å²) >= 11 is 0. The number of nitrogens with zero attached hydrogens (tertiary/aromatic N) is 3. The van der Waals surface area contributed by atoms with Gasteiger partial charge in [0, 0.05) is 48.2 Å². The lowest BCUT2D eigenvalue weighted by Gasteiger charge is -2.29. The number of anilines is 3. The first-order chi connectivity index (χ1) is 23.6. The second kappa shape index (κ2) is 24.4. The van der Waals surface area contributed by atoms with E-state index in [1.165, 1.54) is 13.5 Å². The molecule has 0 radical (unpaired) electrons. The fourth-order valence-corrected chi connectivity index (χ4v) is 5.05. The van der Waals surface area contributed by atoms with Gasteiger partial charge in [0.15, 0.2) is 0 Å². The second-order valence-electron chi connectivity index (χ2n) is 11.2. The Morgan fingerprint density at radius 3 is 2.14 bits per heavy atom. The fourth-order valence-electron chi connectivity index (χ4n) is 5.05. The Labute approximate surface area is 295 Å². The van der Waals surface area contributed by atoms with Crippen molar-refractivity contribution in [1.82, 2.24) is 9.97 Å². The van der Waals surface area contributed by atoms with Crippen molar-refractivity contribution in [2.45, 2.75) is 74.7 Å². The molecule has 0 bridgehead atoms. The van der Waals surface area contributed by atoms with E-state index in [1.807, 2.05) is 78.7 Å². The molecule has 2 aromatic carbocycles. The lowest BCUT2D eigenvalue weighted by molar-refractivity contribution is -0.119. The summed E-state index contributed by atoms with van der Waals surface area (Å²) in [4.78, 5) is 32.2. The highest BCUT2D eigenvalue weighted by Crippen LogP contribution is 2.39. The number of nitrogens with one attached hydrogen (secondary N) is 1. The van der Waals surface area contributed by atoms with Crippen LogP contribution >= 0.6 is 0 Å². The average Bonchev–Trinajstić information content (AvgIpc) is 3.13. The molecule has 268 valence electrons. The third kappa shape index (κ3) is 13.3. The average molecular weight is 673 g/mol. The number of carbonyl (C=O) groups is 2. The number of nitrogen functional groups attached to an aromatic ring is 1. The quantitative estimate of drug-likeness (QED) is 0.144. The van der Waals surface area contributed by atoms with E-state index in [1.54, 1.807) is 18.6 Å².